The summed E-state index contributed by atoms with van der Waals surface area (Å²) in [5, 5.41) is 4.41. The standard InChI is InChI=1S/C9H7ClN2OS/c10-5-8(13)11-9-6-3-1-2-4-7(6)12-14-9/h1-4H,5H2,(H,11,13). The number of fused-ring (bicyclic) bond motifs is 1. The van der Waals surface area contributed by atoms with Crippen LogP contribution < -0.4 is 5.32 Å². The maximum Gasteiger partial charge on any atom is 0.239 e. The molecule has 0 atom stereocenters. The van der Waals surface area contributed by atoms with Crippen molar-refractivity contribution in [3.8, 4) is 0 Å². The Kier molecular flexibility index (Phi) is 2.65. The Morgan fingerprint density at radius 3 is 3.07 bits per heavy atom. The molecule has 5 heteroatoms. The van der Waals surface area contributed by atoms with E-state index in [0.717, 1.165) is 15.9 Å². The van der Waals surface area contributed by atoms with Gasteiger partial charge < -0.3 is 5.32 Å². The van der Waals surface area contributed by atoms with E-state index in [1.807, 2.05) is 24.3 Å². The van der Waals surface area contributed by atoms with E-state index < -0.39 is 0 Å². The largest absolute Gasteiger partial charge is 0.315 e. The van der Waals surface area contributed by atoms with Crippen LogP contribution in [-0.4, -0.2) is 16.2 Å². The summed E-state index contributed by atoms with van der Waals surface area (Å²) in [6, 6.07) is 7.65. The van der Waals surface area contributed by atoms with Gasteiger partial charge in [0.05, 0.1) is 5.52 Å². The molecule has 0 saturated heterocycles. The van der Waals surface area contributed by atoms with Crippen molar-refractivity contribution in [1.29, 1.82) is 0 Å². The monoisotopic (exact) mass is 226 g/mol. The minimum Gasteiger partial charge on any atom is -0.315 e. The Labute approximate surface area is 89.9 Å². The number of carbonyl (C=O) groups is 1. The number of carbonyl (C=O) groups excluding carboxylic acids is 1. The number of anilines is 1. The van der Waals surface area contributed by atoms with Crippen molar-refractivity contribution in [2.45, 2.75) is 0 Å². The van der Waals surface area contributed by atoms with Gasteiger partial charge >= 0.3 is 0 Å². The van der Waals surface area contributed by atoms with Crippen LogP contribution in [0.2, 0.25) is 0 Å². The molecule has 14 heavy (non-hydrogen) atoms. The molecular weight excluding hydrogens is 220 g/mol. The molecule has 0 radical (unpaired) electrons. The number of benzene rings is 1. The fraction of sp³-hybridized carbons (Fsp3) is 0.111. The zero-order valence-electron chi connectivity index (χ0n) is 7.16. The summed E-state index contributed by atoms with van der Waals surface area (Å²) in [7, 11) is 0. The van der Waals surface area contributed by atoms with Gasteiger partial charge in [-0.05, 0) is 23.7 Å². The van der Waals surface area contributed by atoms with Gasteiger partial charge in [0.15, 0.2) is 0 Å². The van der Waals surface area contributed by atoms with Crippen LogP contribution in [0.5, 0.6) is 0 Å². The molecule has 0 bridgehead atoms. The lowest BCUT2D eigenvalue weighted by atomic mass is 10.2. The molecule has 0 fully saturated rings. The molecule has 1 aromatic carbocycles. The van der Waals surface area contributed by atoms with Gasteiger partial charge in [0, 0.05) is 5.39 Å². The smallest absolute Gasteiger partial charge is 0.239 e. The molecule has 1 N–H and O–H groups in total. The Morgan fingerprint density at radius 2 is 2.29 bits per heavy atom. The lowest BCUT2D eigenvalue weighted by Gasteiger charge is -1.97. The number of hydrogen-bond donors (Lipinski definition) is 1. The SMILES string of the molecule is O=C(CCl)Nc1snc2ccccc12. The molecule has 0 spiro atoms. The number of amides is 1. The molecule has 1 aromatic heterocycles. The predicted molar refractivity (Wildman–Crippen MR) is 59.0 cm³/mol. The maximum absolute atomic E-state index is 11.1. The molecule has 0 saturated carbocycles. The Bertz CT molecular complexity index is 469. The quantitative estimate of drug-likeness (QED) is 0.800. The van der Waals surface area contributed by atoms with Crippen LogP contribution in [0.25, 0.3) is 10.9 Å². The van der Waals surface area contributed by atoms with Crippen molar-refractivity contribution in [3.05, 3.63) is 24.3 Å². The highest BCUT2D eigenvalue weighted by atomic mass is 35.5. The van der Waals surface area contributed by atoms with Crippen molar-refractivity contribution >= 4 is 44.9 Å². The molecule has 2 rings (SSSR count). The summed E-state index contributed by atoms with van der Waals surface area (Å²) >= 11 is 6.66. The van der Waals surface area contributed by atoms with Gasteiger partial charge in [-0.2, -0.15) is 4.37 Å². The van der Waals surface area contributed by atoms with E-state index in [4.69, 9.17) is 11.6 Å². The van der Waals surface area contributed by atoms with E-state index in [1.165, 1.54) is 11.5 Å². The molecule has 0 aliphatic rings. The molecule has 72 valence electrons. The normalized spacial score (nSPS) is 10.4. The van der Waals surface area contributed by atoms with Gasteiger partial charge in [0.25, 0.3) is 0 Å². The fourth-order valence-corrected chi connectivity index (χ4v) is 1.99. The molecular formula is C9H7ClN2OS. The average Bonchev–Trinajstić information content (AvgIpc) is 2.62. The molecule has 2 aromatic rings. The average molecular weight is 227 g/mol. The van der Waals surface area contributed by atoms with Crippen LogP contribution in [0.4, 0.5) is 5.00 Å². The van der Waals surface area contributed by atoms with E-state index in [9.17, 15) is 4.79 Å². The Balaban J connectivity index is 2.38. The first-order valence-corrected chi connectivity index (χ1v) is 5.32. The first kappa shape index (κ1) is 9.43. The highest BCUT2D eigenvalue weighted by molar-refractivity contribution is 7.12. The van der Waals surface area contributed by atoms with Gasteiger partial charge in [0.2, 0.25) is 5.91 Å². The summed E-state index contributed by atoms with van der Waals surface area (Å²) in [5.41, 5.74) is 0.891. The van der Waals surface area contributed by atoms with E-state index in [-0.39, 0.29) is 11.8 Å². The third kappa shape index (κ3) is 1.71. The van der Waals surface area contributed by atoms with Crippen molar-refractivity contribution in [2.24, 2.45) is 0 Å². The highest BCUT2D eigenvalue weighted by Crippen LogP contribution is 2.26. The molecule has 0 aliphatic carbocycles. The van der Waals surface area contributed by atoms with Crippen LogP contribution >= 0.6 is 23.1 Å². The summed E-state index contributed by atoms with van der Waals surface area (Å²) in [4.78, 5) is 11.1. The molecule has 3 nitrogen and oxygen atoms in total. The summed E-state index contributed by atoms with van der Waals surface area (Å²) in [6.45, 7) is 0. The van der Waals surface area contributed by atoms with E-state index >= 15 is 0 Å². The number of alkyl halides is 1. The molecule has 1 amide bonds. The number of nitrogens with one attached hydrogen (secondary N) is 1. The number of aromatic nitrogens is 1. The maximum atomic E-state index is 11.1. The summed E-state index contributed by atoms with van der Waals surface area (Å²) in [5.74, 6) is -0.243. The third-order valence-corrected chi connectivity index (χ3v) is 2.79. The van der Waals surface area contributed by atoms with Crippen molar-refractivity contribution in [1.82, 2.24) is 4.37 Å². The lowest BCUT2D eigenvalue weighted by Crippen LogP contribution is -2.11. The topological polar surface area (TPSA) is 42.0 Å². The molecule has 0 unspecified atom stereocenters. The van der Waals surface area contributed by atoms with Crippen LogP contribution in [0.15, 0.2) is 24.3 Å². The second-order valence-electron chi connectivity index (χ2n) is 2.71. The van der Waals surface area contributed by atoms with Gasteiger partial charge in [-0.3, -0.25) is 4.79 Å². The number of nitrogens with zero attached hydrogens (tertiary/aromatic N) is 1. The van der Waals surface area contributed by atoms with Crippen molar-refractivity contribution < 1.29 is 4.79 Å². The predicted octanol–water partition coefficient (Wildman–Crippen LogP) is 2.47. The molecule has 0 aliphatic heterocycles. The lowest BCUT2D eigenvalue weighted by molar-refractivity contribution is -0.113. The van der Waals surface area contributed by atoms with Crippen LogP contribution in [0.1, 0.15) is 0 Å². The van der Waals surface area contributed by atoms with Crippen LogP contribution in [0, 0.1) is 0 Å². The van der Waals surface area contributed by atoms with Crippen molar-refractivity contribution in [2.75, 3.05) is 11.2 Å². The molecule has 1 heterocycles. The Morgan fingerprint density at radius 1 is 1.50 bits per heavy atom. The van der Waals surface area contributed by atoms with Crippen LogP contribution in [0.3, 0.4) is 0 Å². The van der Waals surface area contributed by atoms with Gasteiger partial charge in [-0.15, -0.1) is 11.6 Å². The fourth-order valence-electron chi connectivity index (χ4n) is 1.14. The minimum atomic E-state index is -0.207. The van der Waals surface area contributed by atoms with E-state index in [0.29, 0.717) is 0 Å². The summed E-state index contributed by atoms with van der Waals surface area (Å²) < 4.78 is 4.19. The van der Waals surface area contributed by atoms with Crippen LogP contribution in [-0.2, 0) is 4.79 Å². The second kappa shape index (κ2) is 3.94. The van der Waals surface area contributed by atoms with Crippen molar-refractivity contribution in [3.63, 3.8) is 0 Å². The summed E-state index contributed by atoms with van der Waals surface area (Å²) in [6.07, 6.45) is 0. The van der Waals surface area contributed by atoms with Gasteiger partial charge in [-0.25, -0.2) is 0 Å². The number of halogens is 1. The second-order valence-corrected chi connectivity index (χ2v) is 3.75. The van der Waals surface area contributed by atoms with E-state index in [1.54, 1.807) is 0 Å². The first-order valence-electron chi connectivity index (χ1n) is 4.01. The zero-order valence-corrected chi connectivity index (χ0v) is 8.73. The van der Waals surface area contributed by atoms with E-state index in [2.05, 4.69) is 9.69 Å². The number of rotatable bonds is 2. The first-order chi connectivity index (χ1) is 6.81. The Hall–Kier alpha value is -1.13. The number of hydrogen-bond acceptors (Lipinski definition) is 3. The highest BCUT2D eigenvalue weighted by Gasteiger charge is 2.07. The minimum absolute atomic E-state index is 0.0355. The van der Waals surface area contributed by atoms with Gasteiger partial charge in [-0.1, -0.05) is 12.1 Å². The third-order valence-electron chi connectivity index (χ3n) is 1.76. The van der Waals surface area contributed by atoms with Gasteiger partial charge in [0.1, 0.15) is 10.9 Å². The zero-order chi connectivity index (χ0) is 9.97.